The van der Waals surface area contributed by atoms with E-state index >= 15 is 0 Å². The molecule has 0 spiro atoms. The van der Waals surface area contributed by atoms with Crippen molar-refractivity contribution in [3.8, 4) is 0 Å². The Morgan fingerprint density at radius 2 is 1.73 bits per heavy atom. The normalized spacial score (nSPS) is 16.0. The summed E-state index contributed by atoms with van der Waals surface area (Å²) >= 11 is 0. The molecule has 1 heterocycles. The molecule has 6 heteroatoms. The van der Waals surface area contributed by atoms with E-state index in [1.54, 1.807) is 20.8 Å². The number of carbonyl (C=O) groups is 1. The SMILES string of the molecule is CC(C)(C)C(=O)Nc1cc(C(F)(F)F)ccc1N1CCCC1. The van der Waals surface area contributed by atoms with E-state index in [4.69, 9.17) is 0 Å². The molecule has 122 valence electrons. The van der Waals surface area contributed by atoms with Gasteiger partial charge < -0.3 is 10.2 Å². The van der Waals surface area contributed by atoms with Crippen molar-refractivity contribution in [2.45, 2.75) is 39.8 Å². The first-order chi connectivity index (χ1) is 10.1. The van der Waals surface area contributed by atoms with Gasteiger partial charge in [0.25, 0.3) is 0 Å². The largest absolute Gasteiger partial charge is 0.416 e. The maximum Gasteiger partial charge on any atom is 0.416 e. The maximum absolute atomic E-state index is 12.9. The fraction of sp³-hybridized carbons (Fsp3) is 0.562. The van der Waals surface area contributed by atoms with Crippen molar-refractivity contribution >= 4 is 17.3 Å². The number of halogens is 3. The summed E-state index contributed by atoms with van der Waals surface area (Å²) in [7, 11) is 0. The molecule has 2 rings (SSSR count). The maximum atomic E-state index is 12.9. The second kappa shape index (κ2) is 5.82. The zero-order chi connectivity index (χ0) is 16.5. The van der Waals surface area contributed by atoms with Crippen molar-refractivity contribution in [1.29, 1.82) is 0 Å². The Morgan fingerprint density at radius 3 is 2.23 bits per heavy atom. The monoisotopic (exact) mass is 314 g/mol. The minimum atomic E-state index is -4.43. The Hall–Kier alpha value is -1.72. The summed E-state index contributed by atoms with van der Waals surface area (Å²) in [4.78, 5) is 14.2. The molecule has 1 aliphatic heterocycles. The van der Waals surface area contributed by atoms with Crippen molar-refractivity contribution in [2.75, 3.05) is 23.3 Å². The van der Waals surface area contributed by atoms with Gasteiger partial charge in [0.05, 0.1) is 16.9 Å². The number of benzene rings is 1. The van der Waals surface area contributed by atoms with Crippen molar-refractivity contribution in [2.24, 2.45) is 5.41 Å². The van der Waals surface area contributed by atoms with Crippen LogP contribution in [0.5, 0.6) is 0 Å². The van der Waals surface area contributed by atoms with Gasteiger partial charge in [-0.15, -0.1) is 0 Å². The lowest BCUT2D eigenvalue weighted by Crippen LogP contribution is -2.29. The number of hydrogen-bond acceptors (Lipinski definition) is 2. The number of hydrogen-bond donors (Lipinski definition) is 1. The molecule has 0 bridgehead atoms. The summed E-state index contributed by atoms with van der Waals surface area (Å²) in [5, 5.41) is 2.66. The van der Waals surface area contributed by atoms with Crippen LogP contribution in [0.4, 0.5) is 24.5 Å². The van der Waals surface area contributed by atoms with E-state index in [1.807, 2.05) is 4.90 Å². The van der Waals surface area contributed by atoms with Gasteiger partial charge in [0, 0.05) is 18.5 Å². The first kappa shape index (κ1) is 16.6. The third kappa shape index (κ3) is 3.72. The number of nitrogens with zero attached hydrogens (tertiary/aromatic N) is 1. The van der Waals surface area contributed by atoms with Crippen molar-refractivity contribution < 1.29 is 18.0 Å². The number of rotatable bonds is 2. The molecular formula is C16H21F3N2O. The lowest BCUT2D eigenvalue weighted by Gasteiger charge is -2.25. The highest BCUT2D eigenvalue weighted by atomic mass is 19.4. The van der Waals surface area contributed by atoms with Crippen LogP contribution in [-0.4, -0.2) is 19.0 Å². The summed E-state index contributed by atoms with van der Waals surface area (Å²) in [5.41, 5.74) is -0.532. The van der Waals surface area contributed by atoms with Crippen LogP contribution in [0.15, 0.2) is 18.2 Å². The molecule has 0 aliphatic carbocycles. The van der Waals surface area contributed by atoms with Crippen molar-refractivity contribution in [3.05, 3.63) is 23.8 Å². The zero-order valence-corrected chi connectivity index (χ0v) is 13.0. The molecule has 0 radical (unpaired) electrons. The second-order valence-electron chi connectivity index (χ2n) is 6.63. The van der Waals surface area contributed by atoms with E-state index in [2.05, 4.69) is 5.32 Å². The topological polar surface area (TPSA) is 32.3 Å². The van der Waals surface area contributed by atoms with E-state index in [0.29, 0.717) is 5.69 Å². The predicted molar refractivity (Wildman–Crippen MR) is 81.0 cm³/mol. The molecule has 1 aromatic carbocycles. The van der Waals surface area contributed by atoms with Gasteiger partial charge in [0.1, 0.15) is 0 Å². The van der Waals surface area contributed by atoms with E-state index in [0.717, 1.165) is 38.1 Å². The highest BCUT2D eigenvalue weighted by molar-refractivity contribution is 5.97. The molecule has 3 nitrogen and oxygen atoms in total. The lowest BCUT2D eigenvalue weighted by atomic mass is 9.95. The standard InChI is InChI=1S/C16H21F3N2O/c1-15(2,3)14(22)20-12-10-11(16(17,18)19)6-7-13(12)21-8-4-5-9-21/h6-7,10H,4-5,8-9H2,1-3H3,(H,20,22). The number of amides is 1. The summed E-state index contributed by atoms with van der Waals surface area (Å²) in [6.45, 7) is 6.77. The molecule has 0 saturated carbocycles. The molecule has 0 aromatic heterocycles. The summed E-state index contributed by atoms with van der Waals surface area (Å²) in [5.74, 6) is -0.299. The molecule has 0 unspecified atom stereocenters. The van der Waals surface area contributed by atoms with Crippen LogP contribution in [0.25, 0.3) is 0 Å². The molecule has 1 aliphatic rings. The van der Waals surface area contributed by atoms with E-state index < -0.39 is 17.2 Å². The molecule has 1 N–H and O–H groups in total. The number of alkyl halides is 3. The Balaban J connectivity index is 2.39. The Labute approximate surface area is 128 Å². The smallest absolute Gasteiger partial charge is 0.370 e. The molecule has 1 fully saturated rings. The minimum absolute atomic E-state index is 0.233. The first-order valence-corrected chi connectivity index (χ1v) is 7.37. The van der Waals surface area contributed by atoms with Crippen LogP contribution in [0.3, 0.4) is 0 Å². The van der Waals surface area contributed by atoms with E-state index in [9.17, 15) is 18.0 Å². The van der Waals surface area contributed by atoms with Gasteiger partial charge in [-0.2, -0.15) is 13.2 Å². The quantitative estimate of drug-likeness (QED) is 0.883. The van der Waals surface area contributed by atoms with Crippen molar-refractivity contribution in [1.82, 2.24) is 0 Å². The van der Waals surface area contributed by atoms with E-state index in [-0.39, 0.29) is 11.6 Å². The Morgan fingerprint density at radius 1 is 1.14 bits per heavy atom. The van der Waals surface area contributed by atoms with Crippen LogP contribution in [-0.2, 0) is 11.0 Å². The number of anilines is 2. The molecule has 0 atom stereocenters. The number of nitrogens with one attached hydrogen (secondary N) is 1. The summed E-state index contributed by atoms with van der Waals surface area (Å²) in [6.07, 6.45) is -2.41. The van der Waals surface area contributed by atoms with Gasteiger partial charge in [0.15, 0.2) is 0 Å². The number of carbonyl (C=O) groups excluding carboxylic acids is 1. The summed E-state index contributed by atoms with van der Waals surface area (Å²) in [6, 6.07) is 3.55. The van der Waals surface area contributed by atoms with Crippen LogP contribution >= 0.6 is 0 Å². The molecule has 1 amide bonds. The van der Waals surface area contributed by atoms with Crippen LogP contribution in [0.1, 0.15) is 39.2 Å². The third-order valence-corrected chi connectivity index (χ3v) is 3.70. The van der Waals surface area contributed by atoms with Crippen LogP contribution in [0.2, 0.25) is 0 Å². The molecule has 1 saturated heterocycles. The third-order valence-electron chi connectivity index (χ3n) is 3.70. The average molecular weight is 314 g/mol. The fourth-order valence-electron chi connectivity index (χ4n) is 2.36. The summed E-state index contributed by atoms with van der Waals surface area (Å²) < 4.78 is 38.8. The Bertz CT molecular complexity index is 555. The fourth-order valence-corrected chi connectivity index (χ4v) is 2.36. The Kier molecular flexibility index (Phi) is 4.40. The van der Waals surface area contributed by atoms with Gasteiger partial charge in [-0.05, 0) is 31.0 Å². The molecular weight excluding hydrogens is 293 g/mol. The highest BCUT2D eigenvalue weighted by Gasteiger charge is 2.32. The first-order valence-electron chi connectivity index (χ1n) is 7.37. The van der Waals surface area contributed by atoms with Crippen molar-refractivity contribution in [3.63, 3.8) is 0 Å². The highest BCUT2D eigenvalue weighted by Crippen LogP contribution is 2.37. The average Bonchev–Trinajstić information content (AvgIpc) is 2.90. The van der Waals surface area contributed by atoms with Gasteiger partial charge >= 0.3 is 6.18 Å². The van der Waals surface area contributed by atoms with Gasteiger partial charge in [-0.3, -0.25) is 4.79 Å². The zero-order valence-electron chi connectivity index (χ0n) is 13.0. The van der Waals surface area contributed by atoms with Crippen LogP contribution < -0.4 is 10.2 Å². The van der Waals surface area contributed by atoms with Gasteiger partial charge in [-0.25, -0.2) is 0 Å². The van der Waals surface area contributed by atoms with Crippen LogP contribution in [0, 0.1) is 5.41 Å². The molecule has 1 aromatic rings. The lowest BCUT2D eigenvalue weighted by molar-refractivity contribution is -0.137. The van der Waals surface area contributed by atoms with Gasteiger partial charge in [-0.1, -0.05) is 20.8 Å². The second-order valence-corrected chi connectivity index (χ2v) is 6.63. The molecule has 22 heavy (non-hydrogen) atoms. The predicted octanol–water partition coefficient (Wildman–Crippen LogP) is 4.29. The van der Waals surface area contributed by atoms with Gasteiger partial charge in [0.2, 0.25) is 5.91 Å². The minimum Gasteiger partial charge on any atom is -0.370 e. The van der Waals surface area contributed by atoms with E-state index in [1.165, 1.54) is 6.07 Å².